The van der Waals surface area contributed by atoms with Gasteiger partial charge in [0.25, 0.3) is 0 Å². The predicted octanol–water partition coefficient (Wildman–Crippen LogP) is 4.21. The maximum absolute atomic E-state index is 9.62. The van der Waals surface area contributed by atoms with Crippen LogP contribution in [0.4, 0.5) is 5.13 Å². The molecule has 0 bridgehead atoms. The van der Waals surface area contributed by atoms with E-state index < -0.39 is 0 Å². The standard InChI is InChI=1S/C19H17N3O2S/c1-24-15-9-7-13(8-10-15)16-11-17(14-5-3-2-4-6-14)22(21-16)19-20-18(23)12-25-19/h2-10,12,17,23H,11H2,1H3. The first-order valence-electron chi connectivity index (χ1n) is 7.95. The molecular weight excluding hydrogens is 334 g/mol. The monoisotopic (exact) mass is 351 g/mol. The highest BCUT2D eigenvalue weighted by Crippen LogP contribution is 2.38. The van der Waals surface area contributed by atoms with E-state index in [1.807, 2.05) is 47.5 Å². The molecule has 1 atom stereocenters. The zero-order chi connectivity index (χ0) is 17.2. The lowest BCUT2D eigenvalue weighted by molar-refractivity contribution is 0.415. The number of hydrogen-bond donors (Lipinski definition) is 1. The van der Waals surface area contributed by atoms with Gasteiger partial charge in [0.05, 0.1) is 24.2 Å². The van der Waals surface area contributed by atoms with Gasteiger partial charge in [-0.15, -0.1) is 0 Å². The second kappa shape index (κ2) is 6.57. The fourth-order valence-corrected chi connectivity index (χ4v) is 3.63. The molecule has 0 saturated heterocycles. The van der Waals surface area contributed by atoms with Crippen LogP contribution in [-0.2, 0) is 0 Å². The number of aromatic nitrogens is 1. The molecule has 0 saturated carbocycles. The number of ether oxygens (including phenoxy) is 1. The summed E-state index contributed by atoms with van der Waals surface area (Å²) >= 11 is 1.39. The van der Waals surface area contributed by atoms with Gasteiger partial charge < -0.3 is 9.84 Å². The first-order valence-corrected chi connectivity index (χ1v) is 8.83. The van der Waals surface area contributed by atoms with Crippen molar-refractivity contribution in [1.29, 1.82) is 0 Å². The molecule has 0 fully saturated rings. The van der Waals surface area contributed by atoms with Crippen LogP contribution in [0.5, 0.6) is 11.6 Å². The van der Waals surface area contributed by atoms with Crippen molar-refractivity contribution in [1.82, 2.24) is 4.98 Å². The molecule has 1 N–H and O–H groups in total. The van der Waals surface area contributed by atoms with E-state index in [2.05, 4.69) is 17.1 Å². The van der Waals surface area contributed by atoms with Crippen molar-refractivity contribution in [3.63, 3.8) is 0 Å². The maximum Gasteiger partial charge on any atom is 0.223 e. The van der Waals surface area contributed by atoms with E-state index in [0.717, 1.165) is 23.4 Å². The SMILES string of the molecule is COc1ccc(C2=NN(c3nc(O)cs3)C(c3ccccc3)C2)cc1. The summed E-state index contributed by atoms with van der Waals surface area (Å²) in [7, 11) is 1.66. The van der Waals surface area contributed by atoms with E-state index in [1.165, 1.54) is 16.9 Å². The highest BCUT2D eigenvalue weighted by molar-refractivity contribution is 7.13. The average Bonchev–Trinajstić information content (AvgIpc) is 3.29. The van der Waals surface area contributed by atoms with Crippen molar-refractivity contribution in [2.75, 3.05) is 12.1 Å². The number of hydrazone groups is 1. The minimum Gasteiger partial charge on any atom is -0.497 e. The van der Waals surface area contributed by atoms with Crippen molar-refractivity contribution in [2.24, 2.45) is 5.10 Å². The van der Waals surface area contributed by atoms with Crippen molar-refractivity contribution >= 4 is 22.2 Å². The number of hydrogen-bond acceptors (Lipinski definition) is 6. The van der Waals surface area contributed by atoms with Gasteiger partial charge in [-0.2, -0.15) is 10.1 Å². The number of anilines is 1. The Morgan fingerprint density at radius 2 is 1.88 bits per heavy atom. The molecule has 4 rings (SSSR count). The molecule has 5 nitrogen and oxygen atoms in total. The van der Waals surface area contributed by atoms with E-state index in [0.29, 0.717) is 5.13 Å². The third-order valence-electron chi connectivity index (χ3n) is 4.19. The summed E-state index contributed by atoms with van der Waals surface area (Å²) in [5.41, 5.74) is 3.22. The highest BCUT2D eigenvalue weighted by Gasteiger charge is 2.31. The topological polar surface area (TPSA) is 58.0 Å². The zero-order valence-corrected chi connectivity index (χ0v) is 14.5. The van der Waals surface area contributed by atoms with Crippen LogP contribution in [0.15, 0.2) is 65.1 Å². The number of thiazole rings is 1. The Morgan fingerprint density at radius 3 is 2.52 bits per heavy atom. The Bertz CT molecular complexity index is 891. The highest BCUT2D eigenvalue weighted by atomic mass is 32.1. The van der Waals surface area contributed by atoms with Crippen LogP contribution >= 0.6 is 11.3 Å². The molecule has 1 unspecified atom stereocenters. The molecule has 1 aromatic heterocycles. The van der Waals surface area contributed by atoms with Gasteiger partial charge in [0.15, 0.2) is 0 Å². The number of rotatable bonds is 4. The largest absolute Gasteiger partial charge is 0.497 e. The van der Waals surface area contributed by atoms with E-state index in [9.17, 15) is 5.11 Å². The maximum atomic E-state index is 9.62. The molecule has 2 aromatic carbocycles. The Balaban J connectivity index is 1.71. The van der Waals surface area contributed by atoms with Crippen molar-refractivity contribution in [3.05, 3.63) is 71.1 Å². The second-order valence-electron chi connectivity index (χ2n) is 5.74. The molecule has 0 aliphatic carbocycles. The smallest absolute Gasteiger partial charge is 0.223 e. The first kappa shape index (κ1) is 15.7. The van der Waals surface area contributed by atoms with Gasteiger partial charge in [0.2, 0.25) is 11.0 Å². The van der Waals surface area contributed by atoms with E-state index >= 15 is 0 Å². The van der Waals surface area contributed by atoms with Crippen LogP contribution in [0.2, 0.25) is 0 Å². The Labute approximate surface area is 149 Å². The molecule has 1 aliphatic rings. The van der Waals surface area contributed by atoms with Gasteiger partial charge in [-0.3, -0.25) is 0 Å². The molecule has 2 heterocycles. The van der Waals surface area contributed by atoms with Gasteiger partial charge >= 0.3 is 0 Å². The van der Waals surface area contributed by atoms with Crippen LogP contribution in [0, 0.1) is 0 Å². The lowest BCUT2D eigenvalue weighted by atomic mass is 9.98. The summed E-state index contributed by atoms with van der Waals surface area (Å²) in [6.45, 7) is 0. The number of nitrogens with zero attached hydrogens (tertiary/aromatic N) is 3. The molecule has 0 radical (unpaired) electrons. The molecule has 3 aromatic rings. The number of benzene rings is 2. The van der Waals surface area contributed by atoms with Crippen LogP contribution in [0.1, 0.15) is 23.6 Å². The Morgan fingerprint density at radius 1 is 1.12 bits per heavy atom. The predicted molar refractivity (Wildman–Crippen MR) is 99.6 cm³/mol. The number of methoxy groups -OCH3 is 1. The zero-order valence-electron chi connectivity index (χ0n) is 13.7. The lowest BCUT2D eigenvalue weighted by Gasteiger charge is -2.20. The van der Waals surface area contributed by atoms with Gasteiger partial charge in [-0.25, -0.2) is 5.01 Å². The Hall–Kier alpha value is -2.86. The minimum absolute atomic E-state index is 0.0277. The average molecular weight is 351 g/mol. The van der Waals surface area contributed by atoms with Crippen molar-refractivity contribution < 1.29 is 9.84 Å². The van der Waals surface area contributed by atoms with Gasteiger partial charge in [-0.1, -0.05) is 41.7 Å². The second-order valence-corrected chi connectivity index (χ2v) is 6.58. The van der Waals surface area contributed by atoms with Crippen LogP contribution in [0.25, 0.3) is 0 Å². The van der Waals surface area contributed by atoms with E-state index in [-0.39, 0.29) is 11.9 Å². The van der Waals surface area contributed by atoms with Crippen molar-refractivity contribution in [2.45, 2.75) is 12.5 Å². The van der Waals surface area contributed by atoms with Crippen molar-refractivity contribution in [3.8, 4) is 11.6 Å². The van der Waals surface area contributed by atoms with Gasteiger partial charge in [0, 0.05) is 6.42 Å². The quantitative estimate of drug-likeness (QED) is 0.765. The molecule has 0 spiro atoms. The van der Waals surface area contributed by atoms with Crippen LogP contribution in [-0.4, -0.2) is 22.9 Å². The summed E-state index contributed by atoms with van der Waals surface area (Å²) in [5, 5.41) is 18.6. The van der Waals surface area contributed by atoms with Gasteiger partial charge in [-0.05, 0) is 35.4 Å². The molecule has 6 heteroatoms. The van der Waals surface area contributed by atoms with E-state index in [1.54, 1.807) is 12.5 Å². The lowest BCUT2D eigenvalue weighted by Crippen LogP contribution is -2.18. The Kier molecular flexibility index (Phi) is 4.11. The van der Waals surface area contributed by atoms with Crippen LogP contribution in [0.3, 0.4) is 0 Å². The summed E-state index contributed by atoms with van der Waals surface area (Å²) < 4.78 is 5.23. The molecule has 1 aliphatic heterocycles. The fraction of sp³-hybridized carbons (Fsp3) is 0.158. The number of aromatic hydroxyl groups is 1. The van der Waals surface area contributed by atoms with Crippen LogP contribution < -0.4 is 9.75 Å². The molecule has 0 amide bonds. The molecule has 25 heavy (non-hydrogen) atoms. The summed E-state index contributed by atoms with van der Waals surface area (Å²) in [5.74, 6) is 0.851. The summed E-state index contributed by atoms with van der Waals surface area (Å²) in [6, 6.07) is 18.2. The molecule has 126 valence electrons. The summed E-state index contributed by atoms with van der Waals surface area (Å²) in [6.07, 6.45) is 0.774. The fourth-order valence-electron chi connectivity index (χ4n) is 2.94. The first-order chi connectivity index (χ1) is 12.2. The van der Waals surface area contributed by atoms with Gasteiger partial charge in [0.1, 0.15) is 5.75 Å². The minimum atomic E-state index is 0.0277. The summed E-state index contributed by atoms with van der Waals surface area (Å²) in [4.78, 5) is 4.20. The normalized spacial score (nSPS) is 16.8. The third kappa shape index (κ3) is 3.08. The third-order valence-corrected chi connectivity index (χ3v) is 5.01. The van der Waals surface area contributed by atoms with E-state index in [4.69, 9.17) is 9.84 Å². The molecular formula is C19H17N3O2S.